The van der Waals surface area contributed by atoms with Crippen molar-refractivity contribution in [3.8, 4) is 0 Å². The van der Waals surface area contributed by atoms with Crippen LogP contribution in [0.5, 0.6) is 0 Å². The number of aliphatic hydroxyl groups excluding tert-OH is 1. The topological polar surface area (TPSA) is 34.4 Å². The molecule has 0 fully saturated rings. The number of ether oxygens (including phenoxy) is 1. The van der Waals surface area contributed by atoms with Crippen LogP contribution in [0, 0.1) is 0 Å². The molecule has 1 N–H and O–H groups in total. The van der Waals surface area contributed by atoms with Crippen LogP contribution in [0.1, 0.15) is 5.56 Å². The fourth-order valence-electron chi connectivity index (χ4n) is 1.91. The van der Waals surface area contributed by atoms with Crippen LogP contribution in [0.3, 0.4) is 0 Å². The molecule has 0 aliphatic rings. The van der Waals surface area contributed by atoms with E-state index in [0.29, 0.717) is 23.3 Å². The van der Waals surface area contributed by atoms with Gasteiger partial charge in [-0.1, -0.05) is 29.3 Å². The first kappa shape index (κ1) is 12.7. The Morgan fingerprint density at radius 1 is 1.35 bits per heavy atom. The Morgan fingerprint density at radius 3 is 2.76 bits per heavy atom. The number of fused-ring (bicyclic) bond motifs is 1. The van der Waals surface area contributed by atoms with E-state index in [9.17, 15) is 5.11 Å². The van der Waals surface area contributed by atoms with Crippen LogP contribution in [0.25, 0.3) is 10.9 Å². The molecule has 0 atom stereocenters. The summed E-state index contributed by atoms with van der Waals surface area (Å²) in [6, 6.07) is 5.51. The Kier molecular flexibility index (Phi) is 3.94. The van der Waals surface area contributed by atoms with E-state index in [1.54, 1.807) is 13.2 Å². The number of hydrogen-bond donors (Lipinski definition) is 1. The van der Waals surface area contributed by atoms with Gasteiger partial charge in [-0.3, -0.25) is 0 Å². The first-order valence-electron chi connectivity index (χ1n) is 5.25. The number of aromatic nitrogens is 1. The molecule has 0 saturated carbocycles. The first-order valence-corrected chi connectivity index (χ1v) is 6.00. The zero-order valence-corrected chi connectivity index (χ0v) is 10.9. The predicted molar refractivity (Wildman–Crippen MR) is 69.8 cm³/mol. The molecule has 2 aromatic rings. The van der Waals surface area contributed by atoms with Crippen LogP contribution < -0.4 is 0 Å². The summed E-state index contributed by atoms with van der Waals surface area (Å²) in [4.78, 5) is 0. The second kappa shape index (κ2) is 5.27. The molecule has 5 heteroatoms. The van der Waals surface area contributed by atoms with Crippen molar-refractivity contribution in [3.63, 3.8) is 0 Å². The van der Waals surface area contributed by atoms with Gasteiger partial charge in [0, 0.05) is 29.6 Å². The lowest BCUT2D eigenvalue weighted by atomic mass is 10.2. The highest BCUT2D eigenvalue weighted by Crippen LogP contribution is 2.31. The van der Waals surface area contributed by atoms with E-state index in [1.165, 1.54) is 0 Å². The third kappa shape index (κ3) is 2.29. The summed E-state index contributed by atoms with van der Waals surface area (Å²) >= 11 is 12.2. The summed E-state index contributed by atoms with van der Waals surface area (Å²) in [5.74, 6) is 0. The van der Waals surface area contributed by atoms with Gasteiger partial charge in [-0.05, 0) is 12.1 Å². The van der Waals surface area contributed by atoms with Crippen molar-refractivity contribution >= 4 is 34.1 Å². The van der Waals surface area contributed by atoms with E-state index >= 15 is 0 Å². The van der Waals surface area contributed by atoms with Gasteiger partial charge in [0.15, 0.2) is 0 Å². The van der Waals surface area contributed by atoms with E-state index in [1.807, 2.05) is 16.7 Å². The third-order valence-corrected chi connectivity index (χ3v) is 3.41. The van der Waals surface area contributed by atoms with Crippen LogP contribution in [-0.4, -0.2) is 23.4 Å². The van der Waals surface area contributed by atoms with Crippen LogP contribution in [0.4, 0.5) is 0 Å². The van der Waals surface area contributed by atoms with Crippen LogP contribution in [0.2, 0.25) is 10.2 Å². The maximum atomic E-state index is 9.36. The maximum absolute atomic E-state index is 9.36. The largest absolute Gasteiger partial charge is 0.392 e. The van der Waals surface area contributed by atoms with Crippen molar-refractivity contribution in [2.75, 3.05) is 13.7 Å². The lowest BCUT2D eigenvalue weighted by Gasteiger charge is -2.06. The minimum Gasteiger partial charge on any atom is -0.392 e. The highest BCUT2D eigenvalue weighted by Gasteiger charge is 2.14. The fraction of sp³-hybridized carbons (Fsp3) is 0.333. The van der Waals surface area contributed by atoms with Crippen molar-refractivity contribution in [3.05, 3.63) is 33.9 Å². The average molecular weight is 274 g/mol. The standard InChI is InChI=1S/C12H13Cl2NO2/c1-17-5-4-15-11-6-8(13)2-3-9(11)10(7-16)12(15)14/h2-3,6,16H,4-5,7H2,1H3. The number of nitrogens with zero attached hydrogens (tertiary/aromatic N) is 1. The van der Waals surface area contributed by atoms with Gasteiger partial charge in [-0.2, -0.15) is 0 Å². The summed E-state index contributed by atoms with van der Waals surface area (Å²) in [7, 11) is 1.64. The zero-order valence-electron chi connectivity index (χ0n) is 9.41. The van der Waals surface area contributed by atoms with Gasteiger partial charge in [-0.25, -0.2) is 0 Å². The fourth-order valence-corrected chi connectivity index (χ4v) is 2.42. The van der Waals surface area contributed by atoms with Gasteiger partial charge in [0.2, 0.25) is 0 Å². The molecule has 17 heavy (non-hydrogen) atoms. The highest BCUT2D eigenvalue weighted by atomic mass is 35.5. The van der Waals surface area contributed by atoms with Crippen LogP contribution in [0.15, 0.2) is 18.2 Å². The Labute approximate surface area is 110 Å². The lowest BCUT2D eigenvalue weighted by molar-refractivity contribution is 0.188. The van der Waals surface area contributed by atoms with Crippen LogP contribution >= 0.6 is 23.2 Å². The quantitative estimate of drug-likeness (QED) is 0.929. The Bertz CT molecular complexity index is 537. The first-order chi connectivity index (χ1) is 8.19. The van der Waals surface area contributed by atoms with Crippen molar-refractivity contribution in [2.45, 2.75) is 13.2 Å². The summed E-state index contributed by atoms with van der Waals surface area (Å²) < 4.78 is 6.95. The second-order valence-electron chi connectivity index (χ2n) is 3.73. The Morgan fingerprint density at radius 2 is 2.12 bits per heavy atom. The van der Waals surface area contributed by atoms with Gasteiger partial charge in [0.05, 0.1) is 18.7 Å². The number of halogens is 2. The van der Waals surface area contributed by atoms with Crippen LogP contribution in [-0.2, 0) is 17.9 Å². The monoisotopic (exact) mass is 273 g/mol. The molecule has 92 valence electrons. The molecule has 0 radical (unpaired) electrons. The van der Waals surface area contributed by atoms with Crippen molar-refractivity contribution < 1.29 is 9.84 Å². The number of aliphatic hydroxyl groups is 1. The molecule has 0 bridgehead atoms. The minimum atomic E-state index is -0.0864. The smallest absolute Gasteiger partial charge is 0.115 e. The Balaban J connectivity index is 2.62. The number of benzene rings is 1. The van der Waals surface area contributed by atoms with Gasteiger partial charge in [0.25, 0.3) is 0 Å². The number of methoxy groups -OCH3 is 1. The molecule has 1 aromatic carbocycles. The average Bonchev–Trinajstić information content (AvgIpc) is 2.58. The maximum Gasteiger partial charge on any atom is 0.115 e. The van der Waals surface area contributed by atoms with Crippen molar-refractivity contribution in [1.29, 1.82) is 0 Å². The number of rotatable bonds is 4. The molecule has 1 heterocycles. The zero-order chi connectivity index (χ0) is 12.4. The van der Waals surface area contributed by atoms with E-state index in [4.69, 9.17) is 27.9 Å². The van der Waals surface area contributed by atoms with E-state index < -0.39 is 0 Å². The normalized spacial score (nSPS) is 11.3. The molecule has 1 aromatic heterocycles. The van der Waals surface area contributed by atoms with Crippen molar-refractivity contribution in [1.82, 2.24) is 4.57 Å². The molecule has 0 spiro atoms. The van der Waals surface area contributed by atoms with Crippen molar-refractivity contribution in [2.24, 2.45) is 0 Å². The van der Waals surface area contributed by atoms with E-state index in [2.05, 4.69) is 0 Å². The molecule has 0 amide bonds. The molecule has 0 aliphatic heterocycles. The molecule has 0 saturated heterocycles. The third-order valence-electron chi connectivity index (χ3n) is 2.74. The molecule has 0 aliphatic carbocycles. The van der Waals surface area contributed by atoms with E-state index in [-0.39, 0.29) is 6.61 Å². The van der Waals surface area contributed by atoms with Gasteiger partial charge in [-0.15, -0.1) is 0 Å². The predicted octanol–water partition coefficient (Wildman–Crippen LogP) is 3.09. The van der Waals surface area contributed by atoms with Gasteiger partial charge >= 0.3 is 0 Å². The summed E-state index contributed by atoms with van der Waals surface area (Å²) in [5, 5.41) is 11.5. The highest BCUT2D eigenvalue weighted by molar-refractivity contribution is 6.33. The molecular weight excluding hydrogens is 261 g/mol. The summed E-state index contributed by atoms with van der Waals surface area (Å²) in [6.45, 7) is 1.10. The molecular formula is C12H13Cl2NO2. The second-order valence-corrected chi connectivity index (χ2v) is 4.53. The van der Waals surface area contributed by atoms with Gasteiger partial charge < -0.3 is 14.4 Å². The summed E-state index contributed by atoms with van der Waals surface area (Å²) in [5.41, 5.74) is 1.65. The number of hydrogen-bond acceptors (Lipinski definition) is 2. The lowest BCUT2D eigenvalue weighted by Crippen LogP contribution is -2.04. The summed E-state index contributed by atoms with van der Waals surface area (Å²) in [6.07, 6.45) is 0. The molecule has 3 nitrogen and oxygen atoms in total. The van der Waals surface area contributed by atoms with E-state index in [0.717, 1.165) is 16.5 Å². The Hall–Kier alpha value is -0.740. The SMILES string of the molecule is COCCn1c(Cl)c(CO)c2ccc(Cl)cc21. The molecule has 0 unspecified atom stereocenters. The van der Waals surface area contributed by atoms with Gasteiger partial charge in [0.1, 0.15) is 5.15 Å². The molecule has 2 rings (SSSR count). The minimum absolute atomic E-state index is 0.0864.